The van der Waals surface area contributed by atoms with Gasteiger partial charge in [0.1, 0.15) is 5.82 Å². The molecule has 1 aromatic heterocycles. The SMILES string of the molecule is C=CCC(C)Nc1ccc([N+](=O)[O-])c(N)n1. The topological polar surface area (TPSA) is 94.1 Å². The van der Waals surface area contributed by atoms with E-state index in [1.54, 1.807) is 6.08 Å². The Kier molecular flexibility index (Phi) is 3.82. The molecule has 0 aliphatic heterocycles. The standard InChI is InChI=1S/C10H14N4O2/c1-3-4-7(2)12-9-6-5-8(14(15)16)10(11)13-9/h3,5-7H,1,4H2,2H3,(H3,11,12,13). The number of nitrogen functional groups attached to an aromatic ring is 1. The van der Waals surface area contributed by atoms with E-state index < -0.39 is 4.92 Å². The van der Waals surface area contributed by atoms with Crippen molar-refractivity contribution in [2.45, 2.75) is 19.4 Å². The molecule has 1 heterocycles. The lowest BCUT2D eigenvalue weighted by atomic mass is 10.2. The minimum absolute atomic E-state index is 0.0826. The molecule has 1 rings (SSSR count). The van der Waals surface area contributed by atoms with Gasteiger partial charge in [0.05, 0.1) is 4.92 Å². The lowest BCUT2D eigenvalue weighted by Gasteiger charge is -2.12. The van der Waals surface area contributed by atoms with Gasteiger partial charge in [-0.1, -0.05) is 6.08 Å². The van der Waals surface area contributed by atoms with Gasteiger partial charge in [0, 0.05) is 12.1 Å². The number of hydrogen-bond acceptors (Lipinski definition) is 5. The summed E-state index contributed by atoms with van der Waals surface area (Å²) in [6, 6.07) is 3.03. The number of nitrogens with one attached hydrogen (secondary N) is 1. The van der Waals surface area contributed by atoms with Crippen LogP contribution in [-0.4, -0.2) is 15.9 Å². The largest absolute Gasteiger partial charge is 0.378 e. The summed E-state index contributed by atoms with van der Waals surface area (Å²) in [5.74, 6) is 0.443. The van der Waals surface area contributed by atoms with Crippen molar-refractivity contribution < 1.29 is 4.92 Å². The fourth-order valence-electron chi connectivity index (χ4n) is 1.26. The van der Waals surface area contributed by atoms with Gasteiger partial charge in [-0.25, -0.2) is 4.98 Å². The van der Waals surface area contributed by atoms with Crippen LogP contribution in [0.25, 0.3) is 0 Å². The van der Waals surface area contributed by atoms with E-state index in [-0.39, 0.29) is 17.5 Å². The summed E-state index contributed by atoms with van der Waals surface area (Å²) in [5, 5.41) is 13.6. The highest BCUT2D eigenvalue weighted by Crippen LogP contribution is 2.21. The molecule has 0 aromatic carbocycles. The van der Waals surface area contributed by atoms with Crippen molar-refractivity contribution in [1.29, 1.82) is 0 Å². The van der Waals surface area contributed by atoms with Crippen LogP contribution in [0.4, 0.5) is 17.3 Å². The van der Waals surface area contributed by atoms with Crippen LogP contribution in [0, 0.1) is 10.1 Å². The third-order valence-electron chi connectivity index (χ3n) is 2.01. The number of aromatic nitrogens is 1. The van der Waals surface area contributed by atoms with Gasteiger partial charge in [0.15, 0.2) is 0 Å². The minimum atomic E-state index is -0.556. The molecule has 0 aliphatic carbocycles. The monoisotopic (exact) mass is 222 g/mol. The molecular formula is C10H14N4O2. The zero-order valence-corrected chi connectivity index (χ0v) is 9.01. The van der Waals surface area contributed by atoms with E-state index in [2.05, 4.69) is 16.9 Å². The van der Waals surface area contributed by atoms with E-state index in [0.717, 1.165) is 6.42 Å². The van der Waals surface area contributed by atoms with Gasteiger partial charge in [-0.3, -0.25) is 10.1 Å². The number of rotatable bonds is 5. The molecule has 0 bridgehead atoms. The van der Waals surface area contributed by atoms with Crippen LogP contribution in [0.1, 0.15) is 13.3 Å². The maximum Gasteiger partial charge on any atom is 0.311 e. The Balaban J connectivity index is 2.81. The number of nitro groups is 1. The van der Waals surface area contributed by atoms with Crippen molar-refractivity contribution in [3.05, 3.63) is 34.9 Å². The quantitative estimate of drug-likeness (QED) is 0.451. The summed E-state index contributed by atoms with van der Waals surface area (Å²) >= 11 is 0. The van der Waals surface area contributed by atoms with Crippen LogP contribution >= 0.6 is 0 Å². The van der Waals surface area contributed by atoms with Crippen LogP contribution in [0.2, 0.25) is 0 Å². The van der Waals surface area contributed by atoms with Gasteiger partial charge < -0.3 is 11.1 Å². The molecule has 0 spiro atoms. The highest BCUT2D eigenvalue weighted by atomic mass is 16.6. The molecule has 86 valence electrons. The van der Waals surface area contributed by atoms with E-state index in [9.17, 15) is 10.1 Å². The van der Waals surface area contributed by atoms with Crippen molar-refractivity contribution in [2.75, 3.05) is 11.1 Å². The van der Waals surface area contributed by atoms with Gasteiger partial charge in [-0.15, -0.1) is 6.58 Å². The second-order valence-corrected chi connectivity index (χ2v) is 3.43. The predicted octanol–water partition coefficient (Wildman–Crippen LogP) is 1.95. The van der Waals surface area contributed by atoms with Gasteiger partial charge in [-0.05, 0) is 19.4 Å². The van der Waals surface area contributed by atoms with Crippen LogP contribution in [0.3, 0.4) is 0 Å². The third kappa shape index (κ3) is 2.94. The van der Waals surface area contributed by atoms with Crippen LogP contribution in [-0.2, 0) is 0 Å². The van der Waals surface area contributed by atoms with E-state index >= 15 is 0 Å². The second kappa shape index (κ2) is 5.11. The summed E-state index contributed by atoms with van der Waals surface area (Å²) < 4.78 is 0. The number of anilines is 2. The van der Waals surface area contributed by atoms with Gasteiger partial charge in [0.25, 0.3) is 0 Å². The first-order valence-corrected chi connectivity index (χ1v) is 4.83. The van der Waals surface area contributed by atoms with Gasteiger partial charge in [-0.2, -0.15) is 0 Å². The molecule has 6 heteroatoms. The molecule has 0 amide bonds. The van der Waals surface area contributed by atoms with Crippen molar-refractivity contribution in [2.24, 2.45) is 0 Å². The Labute approximate surface area is 93.3 Å². The first-order chi connectivity index (χ1) is 7.54. The van der Waals surface area contributed by atoms with Gasteiger partial charge >= 0.3 is 5.69 Å². The van der Waals surface area contributed by atoms with Crippen molar-refractivity contribution in [3.63, 3.8) is 0 Å². The molecular weight excluding hydrogens is 208 g/mol. The predicted molar refractivity (Wildman–Crippen MR) is 63.2 cm³/mol. The molecule has 3 N–H and O–H groups in total. The average molecular weight is 222 g/mol. The molecule has 0 fully saturated rings. The molecule has 0 saturated heterocycles. The lowest BCUT2D eigenvalue weighted by Crippen LogP contribution is -2.15. The number of pyridine rings is 1. The molecule has 1 atom stereocenters. The van der Waals surface area contributed by atoms with Crippen molar-refractivity contribution in [1.82, 2.24) is 4.98 Å². The highest BCUT2D eigenvalue weighted by molar-refractivity contribution is 5.57. The molecule has 1 unspecified atom stereocenters. The number of hydrogen-bond donors (Lipinski definition) is 2. The summed E-state index contributed by atoms with van der Waals surface area (Å²) in [5.41, 5.74) is 5.28. The maximum atomic E-state index is 10.5. The Morgan fingerprint density at radius 3 is 2.94 bits per heavy atom. The van der Waals surface area contributed by atoms with Crippen molar-refractivity contribution in [3.8, 4) is 0 Å². The Bertz CT molecular complexity index is 406. The molecule has 0 radical (unpaired) electrons. The van der Waals surface area contributed by atoms with Crippen molar-refractivity contribution >= 4 is 17.3 Å². The van der Waals surface area contributed by atoms with Crippen LogP contribution in [0.5, 0.6) is 0 Å². The first kappa shape index (κ1) is 12.0. The molecule has 0 saturated carbocycles. The normalized spacial score (nSPS) is 11.8. The molecule has 16 heavy (non-hydrogen) atoms. The lowest BCUT2D eigenvalue weighted by molar-refractivity contribution is -0.384. The zero-order valence-electron chi connectivity index (χ0n) is 9.01. The van der Waals surface area contributed by atoms with E-state index in [1.807, 2.05) is 6.92 Å². The first-order valence-electron chi connectivity index (χ1n) is 4.83. The molecule has 0 aliphatic rings. The van der Waals surface area contributed by atoms with Crippen LogP contribution < -0.4 is 11.1 Å². The van der Waals surface area contributed by atoms with E-state index in [4.69, 9.17) is 5.73 Å². The number of nitrogens with two attached hydrogens (primary N) is 1. The third-order valence-corrected chi connectivity index (χ3v) is 2.01. The Hall–Kier alpha value is -2.11. The highest BCUT2D eigenvalue weighted by Gasteiger charge is 2.13. The van der Waals surface area contributed by atoms with E-state index in [0.29, 0.717) is 5.82 Å². The fourth-order valence-corrected chi connectivity index (χ4v) is 1.26. The summed E-state index contributed by atoms with van der Waals surface area (Å²) in [6.07, 6.45) is 2.56. The fraction of sp³-hybridized carbons (Fsp3) is 0.300. The number of nitrogens with zero attached hydrogens (tertiary/aromatic N) is 2. The minimum Gasteiger partial charge on any atom is -0.378 e. The smallest absolute Gasteiger partial charge is 0.311 e. The van der Waals surface area contributed by atoms with E-state index in [1.165, 1.54) is 12.1 Å². The Morgan fingerprint density at radius 2 is 2.44 bits per heavy atom. The maximum absolute atomic E-state index is 10.5. The van der Waals surface area contributed by atoms with Crippen LogP contribution in [0.15, 0.2) is 24.8 Å². The summed E-state index contributed by atoms with van der Waals surface area (Å²) in [7, 11) is 0. The summed E-state index contributed by atoms with van der Waals surface area (Å²) in [4.78, 5) is 13.9. The molecule has 6 nitrogen and oxygen atoms in total. The second-order valence-electron chi connectivity index (χ2n) is 3.43. The van der Waals surface area contributed by atoms with Gasteiger partial charge in [0.2, 0.25) is 5.82 Å². The Morgan fingerprint density at radius 1 is 1.75 bits per heavy atom. The zero-order chi connectivity index (χ0) is 12.1. The average Bonchev–Trinajstić information content (AvgIpc) is 2.17. The summed E-state index contributed by atoms with van der Waals surface area (Å²) in [6.45, 7) is 5.58. The molecule has 1 aromatic rings.